The van der Waals surface area contributed by atoms with Gasteiger partial charge in [-0.15, -0.1) is 0 Å². The number of hydrogen-bond acceptors (Lipinski definition) is 1. The molecule has 0 heterocycles. The second-order valence-electron chi connectivity index (χ2n) is 16.4. The van der Waals surface area contributed by atoms with Gasteiger partial charge in [-0.2, -0.15) is 0 Å². The van der Waals surface area contributed by atoms with E-state index < -0.39 is 0 Å². The van der Waals surface area contributed by atoms with E-state index in [1.165, 1.54) is 102 Å². The summed E-state index contributed by atoms with van der Waals surface area (Å²) in [6.45, 7) is 13.9. The van der Waals surface area contributed by atoms with E-state index in [9.17, 15) is 0 Å². The first-order valence-corrected chi connectivity index (χ1v) is 19.9. The van der Waals surface area contributed by atoms with Gasteiger partial charge >= 0.3 is 0 Å². The van der Waals surface area contributed by atoms with Crippen molar-refractivity contribution in [1.82, 2.24) is 0 Å². The van der Waals surface area contributed by atoms with Crippen LogP contribution in [0.1, 0.15) is 81.2 Å². The summed E-state index contributed by atoms with van der Waals surface area (Å²) in [5, 5.41) is 0. The Hall–Kier alpha value is -5.92. The van der Waals surface area contributed by atoms with Crippen molar-refractivity contribution in [2.75, 3.05) is 4.90 Å². The first kappa shape index (κ1) is 34.8. The molecule has 0 aromatic heterocycles. The first-order chi connectivity index (χ1) is 26.8. The van der Waals surface area contributed by atoms with Gasteiger partial charge in [-0.05, 0) is 110 Å². The molecule has 0 N–H and O–H groups in total. The molecule has 9 rings (SSSR count). The minimum atomic E-state index is -0.259. The average Bonchev–Trinajstić information content (AvgIpc) is 3.59. The maximum absolute atomic E-state index is 4.27. The zero-order chi connectivity index (χ0) is 37.7. The Balaban J connectivity index is 1.36. The quantitative estimate of drug-likeness (QED) is 0.159. The van der Waals surface area contributed by atoms with E-state index in [4.69, 9.17) is 0 Å². The van der Waals surface area contributed by atoms with E-state index in [2.05, 4.69) is 197 Å². The molecule has 3 aliphatic rings. The third-order valence-corrected chi connectivity index (χ3v) is 12.5. The molecule has 0 saturated carbocycles. The normalized spacial score (nSPS) is 17.9. The second kappa shape index (κ2) is 13.7. The van der Waals surface area contributed by atoms with Gasteiger partial charge in [-0.3, -0.25) is 0 Å². The Morgan fingerprint density at radius 2 is 1.09 bits per heavy atom. The van der Waals surface area contributed by atoms with Crippen LogP contribution in [0.3, 0.4) is 0 Å². The Morgan fingerprint density at radius 1 is 0.527 bits per heavy atom. The standard InChI is InChI=1S/C54H49N/c1-6-20-45-44(52-48(53(45,2)3)35-47-51(50(52)40-25-14-9-15-26-40)43-28-16-18-29-46(43)54(47,4)5)36-55(41-33-31-38(32-34-41)37-21-10-7-11-22-37)49-30-19-17-27-42(49)39-23-12-8-13-24-39/h6-16,18,20-26,28-29,31-36H,1,17,19,27,30H2,2-5H3/b44-36+,45-20+. The van der Waals surface area contributed by atoms with Crippen molar-refractivity contribution in [2.24, 2.45) is 0 Å². The number of benzene rings is 6. The molecule has 3 aliphatic carbocycles. The van der Waals surface area contributed by atoms with Crippen molar-refractivity contribution in [1.29, 1.82) is 0 Å². The van der Waals surface area contributed by atoms with E-state index in [0.29, 0.717) is 0 Å². The lowest BCUT2D eigenvalue weighted by molar-refractivity contribution is 0.639. The van der Waals surface area contributed by atoms with Gasteiger partial charge in [0.15, 0.2) is 0 Å². The largest absolute Gasteiger partial charge is 0.320 e. The summed E-state index contributed by atoms with van der Waals surface area (Å²) in [6.07, 6.45) is 11.2. The number of allylic oxidation sites excluding steroid dienone is 6. The lowest BCUT2D eigenvalue weighted by Crippen LogP contribution is -2.21. The number of nitrogens with zero attached hydrogens (tertiary/aromatic N) is 1. The van der Waals surface area contributed by atoms with Crippen LogP contribution in [0, 0.1) is 0 Å². The van der Waals surface area contributed by atoms with E-state index in [0.717, 1.165) is 12.8 Å². The van der Waals surface area contributed by atoms with Crippen molar-refractivity contribution in [3.63, 3.8) is 0 Å². The van der Waals surface area contributed by atoms with Crippen molar-refractivity contribution < 1.29 is 0 Å². The van der Waals surface area contributed by atoms with E-state index in [1.807, 2.05) is 6.08 Å². The molecular formula is C54H49N. The van der Waals surface area contributed by atoms with Gasteiger partial charge in [0.05, 0.1) is 0 Å². The summed E-state index contributed by atoms with van der Waals surface area (Å²) in [6, 6.07) is 53.8. The van der Waals surface area contributed by atoms with Crippen LogP contribution in [-0.2, 0) is 10.8 Å². The SMILES string of the molecule is C=C/C=C1\C(=C/N(C2=C(c3ccccc3)CCCC2)c2ccc(-c3ccccc3)cc2)c2c(cc3c(c2-c2ccccc2)-c2ccccc2C3(C)C)C1(C)C. The summed E-state index contributed by atoms with van der Waals surface area (Å²) in [5.74, 6) is 0. The zero-order valence-electron chi connectivity index (χ0n) is 32.6. The number of hydrogen-bond donors (Lipinski definition) is 0. The van der Waals surface area contributed by atoms with E-state index in [1.54, 1.807) is 0 Å². The topological polar surface area (TPSA) is 3.24 Å². The summed E-state index contributed by atoms with van der Waals surface area (Å²) in [5.41, 5.74) is 20.8. The van der Waals surface area contributed by atoms with Gasteiger partial charge in [-0.25, -0.2) is 0 Å². The molecule has 270 valence electrons. The third kappa shape index (κ3) is 5.76. The second-order valence-corrected chi connectivity index (χ2v) is 16.4. The highest BCUT2D eigenvalue weighted by Crippen LogP contribution is 2.61. The van der Waals surface area contributed by atoms with Crippen LogP contribution >= 0.6 is 0 Å². The van der Waals surface area contributed by atoms with Crippen LogP contribution in [0.4, 0.5) is 5.69 Å². The van der Waals surface area contributed by atoms with Gasteiger partial charge in [-0.1, -0.05) is 180 Å². The summed E-state index contributed by atoms with van der Waals surface area (Å²) >= 11 is 0. The fourth-order valence-corrected chi connectivity index (χ4v) is 9.67. The van der Waals surface area contributed by atoms with Crippen LogP contribution in [0.5, 0.6) is 0 Å². The minimum Gasteiger partial charge on any atom is -0.320 e. The molecule has 0 atom stereocenters. The maximum atomic E-state index is 4.27. The highest BCUT2D eigenvalue weighted by atomic mass is 15.1. The van der Waals surface area contributed by atoms with Crippen molar-refractivity contribution >= 4 is 16.8 Å². The van der Waals surface area contributed by atoms with Gasteiger partial charge in [0.1, 0.15) is 0 Å². The van der Waals surface area contributed by atoms with Gasteiger partial charge in [0.25, 0.3) is 0 Å². The molecule has 6 aromatic carbocycles. The van der Waals surface area contributed by atoms with Gasteiger partial charge < -0.3 is 4.90 Å². The fourth-order valence-electron chi connectivity index (χ4n) is 9.67. The minimum absolute atomic E-state index is 0.126. The lowest BCUT2D eigenvalue weighted by Gasteiger charge is -2.32. The monoisotopic (exact) mass is 711 g/mol. The molecule has 0 unspecified atom stereocenters. The molecule has 0 aliphatic heterocycles. The molecule has 0 fully saturated rings. The smallest absolute Gasteiger partial charge is 0.0453 e. The molecule has 0 saturated heterocycles. The van der Waals surface area contributed by atoms with E-state index in [-0.39, 0.29) is 10.8 Å². The van der Waals surface area contributed by atoms with Crippen molar-refractivity contribution in [3.8, 4) is 33.4 Å². The first-order valence-electron chi connectivity index (χ1n) is 19.9. The van der Waals surface area contributed by atoms with Crippen LogP contribution in [0.25, 0.3) is 44.5 Å². The van der Waals surface area contributed by atoms with Crippen LogP contribution < -0.4 is 4.90 Å². The van der Waals surface area contributed by atoms with Crippen LogP contribution in [-0.4, -0.2) is 0 Å². The number of fused-ring (bicyclic) bond motifs is 4. The number of anilines is 1. The Bertz CT molecular complexity index is 2510. The molecular weight excluding hydrogens is 663 g/mol. The molecule has 0 radical (unpaired) electrons. The number of rotatable bonds is 7. The molecule has 6 aromatic rings. The van der Waals surface area contributed by atoms with Gasteiger partial charge in [0.2, 0.25) is 0 Å². The zero-order valence-corrected chi connectivity index (χ0v) is 32.6. The Kier molecular flexibility index (Phi) is 8.70. The molecule has 0 spiro atoms. The summed E-state index contributed by atoms with van der Waals surface area (Å²) < 4.78 is 0. The van der Waals surface area contributed by atoms with Crippen LogP contribution in [0.2, 0.25) is 0 Å². The van der Waals surface area contributed by atoms with Crippen LogP contribution in [0.15, 0.2) is 182 Å². The van der Waals surface area contributed by atoms with E-state index >= 15 is 0 Å². The highest BCUT2D eigenvalue weighted by molar-refractivity contribution is 6.05. The Labute approximate surface area is 327 Å². The van der Waals surface area contributed by atoms with Crippen molar-refractivity contribution in [2.45, 2.75) is 64.2 Å². The molecule has 0 bridgehead atoms. The Morgan fingerprint density at radius 3 is 1.76 bits per heavy atom. The lowest BCUT2D eigenvalue weighted by atomic mass is 9.76. The van der Waals surface area contributed by atoms with Gasteiger partial charge in [0, 0.05) is 34.0 Å². The summed E-state index contributed by atoms with van der Waals surface area (Å²) in [7, 11) is 0. The predicted octanol–water partition coefficient (Wildman–Crippen LogP) is 14.6. The molecule has 1 nitrogen and oxygen atoms in total. The molecule has 0 amide bonds. The fraction of sp³-hybridized carbons (Fsp3) is 0.185. The predicted molar refractivity (Wildman–Crippen MR) is 235 cm³/mol. The third-order valence-electron chi connectivity index (χ3n) is 12.5. The highest BCUT2D eigenvalue weighted by Gasteiger charge is 2.46. The average molecular weight is 712 g/mol. The molecule has 1 heteroatoms. The maximum Gasteiger partial charge on any atom is 0.0453 e. The van der Waals surface area contributed by atoms with Crippen molar-refractivity contribution in [3.05, 3.63) is 210 Å². The molecule has 55 heavy (non-hydrogen) atoms. The summed E-state index contributed by atoms with van der Waals surface area (Å²) in [4.78, 5) is 2.55.